The highest BCUT2D eigenvalue weighted by atomic mass is 16.5. The first-order valence-corrected chi connectivity index (χ1v) is 7.83. The molecule has 20 heavy (non-hydrogen) atoms. The summed E-state index contributed by atoms with van der Waals surface area (Å²) in [6.07, 6.45) is 8.19. The van der Waals surface area contributed by atoms with Gasteiger partial charge in [0.2, 0.25) is 0 Å². The third-order valence-electron chi connectivity index (χ3n) is 4.87. The molecule has 1 aromatic carbocycles. The van der Waals surface area contributed by atoms with Crippen LogP contribution in [0, 0.1) is 5.92 Å². The molecule has 2 atom stereocenters. The van der Waals surface area contributed by atoms with Crippen LogP contribution in [0.15, 0.2) is 18.2 Å². The van der Waals surface area contributed by atoms with Crippen LogP contribution in [0.5, 0.6) is 11.5 Å². The molecule has 3 heteroatoms. The average molecular weight is 275 g/mol. The first-order valence-electron chi connectivity index (χ1n) is 7.83. The van der Waals surface area contributed by atoms with Crippen molar-refractivity contribution in [2.75, 3.05) is 14.2 Å². The van der Waals surface area contributed by atoms with E-state index in [1.807, 2.05) is 19.2 Å². The van der Waals surface area contributed by atoms with Gasteiger partial charge in [0.1, 0.15) is 17.6 Å². The van der Waals surface area contributed by atoms with E-state index in [1.165, 1.54) is 37.7 Å². The predicted molar refractivity (Wildman–Crippen MR) is 80.4 cm³/mol. The second-order valence-electron chi connectivity index (χ2n) is 6.04. The molecule has 2 unspecified atom stereocenters. The van der Waals surface area contributed by atoms with Crippen molar-refractivity contribution in [3.63, 3.8) is 0 Å². The van der Waals surface area contributed by atoms with Crippen molar-refractivity contribution in [2.24, 2.45) is 5.92 Å². The second kappa shape index (κ2) is 6.04. The van der Waals surface area contributed by atoms with Gasteiger partial charge in [0.25, 0.3) is 0 Å². The third kappa shape index (κ3) is 2.64. The Bertz CT molecular complexity index is 454. The number of hydrogen-bond donors (Lipinski definition) is 1. The van der Waals surface area contributed by atoms with E-state index in [0.717, 1.165) is 23.8 Å². The zero-order valence-electron chi connectivity index (χ0n) is 12.5. The highest BCUT2D eigenvalue weighted by Crippen LogP contribution is 2.41. The summed E-state index contributed by atoms with van der Waals surface area (Å²) < 4.78 is 11.7. The van der Waals surface area contributed by atoms with Gasteiger partial charge < -0.3 is 14.8 Å². The lowest BCUT2D eigenvalue weighted by Gasteiger charge is -2.38. The van der Waals surface area contributed by atoms with Gasteiger partial charge in [-0.15, -0.1) is 0 Å². The van der Waals surface area contributed by atoms with Gasteiger partial charge in [-0.25, -0.2) is 0 Å². The third-order valence-corrected chi connectivity index (χ3v) is 4.87. The average Bonchev–Trinajstić information content (AvgIpc) is 2.54. The van der Waals surface area contributed by atoms with Crippen LogP contribution in [0.4, 0.5) is 0 Å². The number of fused-ring (bicyclic) bond motifs is 1. The monoisotopic (exact) mass is 275 g/mol. The van der Waals surface area contributed by atoms with Crippen molar-refractivity contribution >= 4 is 0 Å². The van der Waals surface area contributed by atoms with Crippen molar-refractivity contribution in [1.29, 1.82) is 0 Å². The summed E-state index contributed by atoms with van der Waals surface area (Å²) in [6, 6.07) is 6.59. The molecular formula is C17H25NO2. The fourth-order valence-electron chi connectivity index (χ4n) is 3.67. The van der Waals surface area contributed by atoms with Crippen molar-refractivity contribution < 1.29 is 9.47 Å². The molecule has 1 aliphatic heterocycles. The highest BCUT2D eigenvalue weighted by molar-refractivity contribution is 5.44. The Kier molecular flexibility index (Phi) is 4.16. The number of rotatable bonds is 3. The van der Waals surface area contributed by atoms with Gasteiger partial charge >= 0.3 is 0 Å². The molecule has 1 saturated carbocycles. The number of hydrogen-bond acceptors (Lipinski definition) is 3. The topological polar surface area (TPSA) is 30.5 Å². The van der Waals surface area contributed by atoms with E-state index in [0.29, 0.717) is 12.1 Å². The van der Waals surface area contributed by atoms with E-state index in [9.17, 15) is 0 Å². The Balaban J connectivity index is 1.83. The summed E-state index contributed by atoms with van der Waals surface area (Å²) in [6.45, 7) is 0. The Morgan fingerprint density at radius 2 is 2.00 bits per heavy atom. The fourth-order valence-corrected chi connectivity index (χ4v) is 3.67. The van der Waals surface area contributed by atoms with Gasteiger partial charge in [-0.1, -0.05) is 25.3 Å². The molecule has 0 aromatic heterocycles. The van der Waals surface area contributed by atoms with Crippen molar-refractivity contribution in [1.82, 2.24) is 5.32 Å². The van der Waals surface area contributed by atoms with Gasteiger partial charge in [-0.2, -0.15) is 0 Å². The summed E-state index contributed by atoms with van der Waals surface area (Å²) in [5.74, 6) is 2.60. The molecule has 1 heterocycles. The largest absolute Gasteiger partial charge is 0.497 e. The Labute approximate surface area is 121 Å². The smallest absolute Gasteiger partial charge is 0.128 e. The molecule has 1 aliphatic carbocycles. The van der Waals surface area contributed by atoms with E-state index in [4.69, 9.17) is 9.47 Å². The minimum absolute atomic E-state index is 0.354. The highest BCUT2D eigenvalue weighted by Gasteiger charge is 2.33. The molecule has 1 aromatic rings. The fraction of sp³-hybridized carbons (Fsp3) is 0.647. The van der Waals surface area contributed by atoms with Crippen LogP contribution in [0.1, 0.15) is 50.1 Å². The van der Waals surface area contributed by atoms with Crippen LogP contribution in [0.3, 0.4) is 0 Å². The number of ether oxygens (including phenoxy) is 2. The number of methoxy groups -OCH3 is 1. The van der Waals surface area contributed by atoms with E-state index in [2.05, 4.69) is 11.4 Å². The Morgan fingerprint density at radius 1 is 1.20 bits per heavy atom. The van der Waals surface area contributed by atoms with Crippen LogP contribution in [-0.2, 0) is 0 Å². The maximum Gasteiger partial charge on any atom is 0.128 e. The molecule has 3 rings (SSSR count). The predicted octanol–water partition coefficient (Wildman–Crippen LogP) is 3.69. The van der Waals surface area contributed by atoms with E-state index in [-0.39, 0.29) is 0 Å². The quantitative estimate of drug-likeness (QED) is 0.912. The Hall–Kier alpha value is -1.22. The molecule has 1 N–H and O–H groups in total. The number of benzene rings is 1. The van der Waals surface area contributed by atoms with E-state index in [1.54, 1.807) is 7.11 Å². The van der Waals surface area contributed by atoms with Crippen molar-refractivity contribution in [2.45, 2.75) is 50.7 Å². The molecule has 110 valence electrons. The molecule has 0 bridgehead atoms. The lowest BCUT2D eigenvalue weighted by Crippen LogP contribution is -2.37. The molecule has 0 spiro atoms. The van der Waals surface area contributed by atoms with Crippen LogP contribution in [0.25, 0.3) is 0 Å². The first kappa shape index (κ1) is 13.7. The van der Waals surface area contributed by atoms with E-state index >= 15 is 0 Å². The van der Waals surface area contributed by atoms with Gasteiger partial charge in [0, 0.05) is 24.1 Å². The molecular weight excluding hydrogens is 250 g/mol. The minimum Gasteiger partial charge on any atom is -0.497 e. The van der Waals surface area contributed by atoms with Gasteiger partial charge in [-0.05, 0) is 31.9 Å². The van der Waals surface area contributed by atoms with Crippen LogP contribution in [-0.4, -0.2) is 20.3 Å². The summed E-state index contributed by atoms with van der Waals surface area (Å²) in [4.78, 5) is 0. The first-order chi connectivity index (χ1) is 9.81. The zero-order valence-corrected chi connectivity index (χ0v) is 12.5. The lowest BCUT2D eigenvalue weighted by molar-refractivity contribution is 0.0737. The maximum absolute atomic E-state index is 6.33. The van der Waals surface area contributed by atoms with Gasteiger partial charge in [0.15, 0.2) is 0 Å². The maximum atomic E-state index is 6.33. The summed E-state index contributed by atoms with van der Waals surface area (Å²) in [7, 11) is 3.75. The van der Waals surface area contributed by atoms with Crippen molar-refractivity contribution in [3.05, 3.63) is 23.8 Å². The normalized spacial score (nSPS) is 26.7. The summed E-state index contributed by atoms with van der Waals surface area (Å²) >= 11 is 0. The SMILES string of the molecule is CNC1CC(C2CCCCC2)Oc2cc(OC)ccc21. The molecule has 2 aliphatic rings. The molecule has 0 amide bonds. The van der Waals surface area contributed by atoms with Crippen LogP contribution in [0.2, 0.25) is 0 Å². The van der Waals surface area contributed by atoms with Gasteiger partial charge in [-0.3, -0.25) is 0 Å². The van der Waals surface area contributed by atoms with Crippen LogP contribution < -0.4 is 14.8 Å². The molecule has 0 radical (unpaired) electrons. The lowest BCUT2D eigenvalue weighted by atomic mass is 9.81. The van der Waals surface area contributed by atoms with E-state index < -0.39 is 0 Å². The minimum atomic E-state index is 0.354. The van der Waals surface area contributed by atoms with Crippen molar-refractivity contribution in [3.8, 4) is 11.5 Å². The molecule has 0 saturated heterocycles. The zero-order chi connectivity index (χ0) is 13.9. The Morgan fingerprint density at radius 3 is 2.70 bits per heavy atom. The molecule has 1 fully saturated rings. The molecule has 3 nitrogen and oxygen atoms in total. The van der Waals surface area contributed by atoms with Gasteiger partial charge in [0.05, 0.1) is 7.11 Å². The standard InChI is InChI=1S/C17H25NO2/c1-18-15-11-16(12-6-4-3-5-7-12)20-17-10-13(19-2)8-9-14(15)17/h8-10,12,15-16,18H,3-7,11H2,1-2H3. The van der Waals surface area contributed by atoms with Crippen LogP contribution >= 0.6 is 0 Å². The second-order valence-corrected chi connectivity index (χ2v) is 6.04. The summed E-state index contributed by atoms with van der Waals surface area (Å²) in [5, 5.41) is 3.45. The number of nitrogens with one attached hydrogen (secondary N) is 1. The summed E-state index contributed by atoms with van der Waals surface area (Å²) in [5.41, 5.74) is 1.26.